The van der Waals surface area contributed by atoms with Crippen LogP contribution in [0.3, 0.4) is 0 Å². The molecular formula is C4H9NOS. The van der Waals surface area contributed by atoms with Gasteiger partial charge in [0, 0.05) is 6.42 Å². The second-order valence-electron chi connectivity index (χ2n) is 1.10. The lowest BCUT2D eigenvalue weighted by molar-refractivity contribution is 0.389. The maximum atomic E-state index is 6.87. The van der Waals surface area contributed by atoms with Crippen molar-refractivity contribution in [1.29, 1.82) is 5.41 Å². The molecule has 0 rings (SSSR count). The van der Waals surface area contributed by atoms with Crippen LogP contribution < -0.4 is 0 Å². The normalized spacial score (nSPS) is 8.29. The van der Waals surface area contributed by atoms with Gasteiger partial charge in [-0.05, 0) is 5.75 Å². The number of ether oxygens (including phenoxy) is 1. The molecule has 0 aliphatic carbocycles. The van der Waals surface area contributed by atoms with Crippen molar-refractivity contribution < 1.29 is 4.74 Å². The lowest BCUT2D eigenvalue weighted by atomic mass is 10.5. The number of methoxy groups -OCH3 is 1. The first-order chi connectivity index (χ1) is 3.31. The third-order valence-electron chi connectivity index (χ3n) is 0.585. The van der Waals surface area contributed by atoms with Crippen LogP contribution in [0.4, 0.5) is 0 Å². The largest absolute Gasteiger partial charge is 0.484 e. The van der Waals surface area contributed by atoms with E-state index in [0.29, 0.717) is 18.1 Å². The molecule has 7 heavy (non-hydrogen) atoms. The van der Waals surface area contributed by atoms with Crippen LogP contribution in [0.2, 0.25) is 0 Å². The fourth-order valence-corrected chi connectivity index (χ4v) is 0.407. The molecule has 0 saturated heterocycles. The molecule has 0 aliphatic heterocycles. The zero-order valence-electron chi connectivity index (χ0n) is 4.27. The van der Waals surface area contributed by atoms with Crippen molar-refractivity contribution in [3.05, 3.63) is 0 Å². The third-order valence-corrected chi connectivity index (χ3v) is 0.809. The van der Waals surface area contributed by atoms with Gasteiger partial charge in [-0.3, -0.25) is 5.41 Å². The summed E-state index contributed by atoms with van der Waals surface area (Å²) in [5.41, 5.74) is 0. The van der Waals surface area contributed by atoms with Gasteiger partial charge in [-0.15, -0.1) is 0 Å². The molecule has 0 spiro atoms. The molecule has 0 atom stereocenters. The molecule has 42 valence electrons. The van der Waals surface area contributed by atoms with E-state index in [1.54, 1.807) is 0 Å². The first kappa shape index (κ1) is 6.82. The Morgan fingerprint density at radius 1 is 1.86 bits per heavy atom. The second-order valence-corrected chi connectivity index (χ2v) is 1.55. The van der Waals surface area contributed by atoms with Gasteiger partial charge in [0.2, 0.25) is 0 Å². The minimum atomic E-state index is 0.301. The molecule has 0 bridgehead atoms. The number of rotatable bonds is 2. The molecule has 0 aromatic carbocycles. The Kier molecular flexibility index (Phi) is 3.89. The zero-order valence-corrected chi connectivity index (χ0v) is 5.16. The number of nitrogens with one attached hydrogen (secondary N) is 1. The van der Waals surface area contributed by atoms with E-state index < -0.39 is 0 Å². The highest BCUT2D eigenvalue weighted by molar-refractivity contribution is 7.80. The van der Waals surface area contributed by atoms with Crippen molar-refractivity contribution in [3.8, 4) is 0 Å². The van der Waals surface area contributed by atoms with Crippen molar-refractivity contribution in [2.45, 2.75) is 6.42 Å². The zero-order chi connectivity index (χ0) is 5.70. The van der Waals surface area contributed by atoms with Gasteiger partial charge in [0.05, 0.1) is 7.11 Å². The Hall–Kier alpha value is -0.180. The third kappa shape index (κ3) is 3.66. The average molecular weight is 119 g/mol. The summed E-state index contributed by atoms with van der Waals surface area (Å²) in [4.78, 5) is 0. The van der Waals surface area contributed by atoms with Crippen molar-refractivity contribution in [3.63, 3.8) is 0 Å². The topological polar surface area (TPSA) is 33.1 Å². The number of hydrogen-bond donors (Lipinski definition) is 2. The number of hydrogen-bond acceptors (Lipinski definition) is 3. The van der Waals surface area contributed by atoms with E-state index in [-0.39, 0.29) is 0 Å². The van der Waals surface area contributed by atoms with Gasteiger partial charge in [-0.1, -0.05) is 0 Å². The van der Waals surface area contributed by atoms with Crippen LogP contribution in [-0.2, 0) is 4.74 Å². The summed E-state index contributed by atoms with van der Waals surface area (Å²) in [7, 11) is 1.49. The number of thiol groups is 1. The van der Waals surface area contributed by atoms with E-state index >= 15 is 0 Å². The minimum absolute atomic E-state index is 0.301. The highest BCUT2D eigenvalue weighted by atomic mass is 32.1. The van der Waals surface area contributed by atoms with Gasteiger partial charge >= 0.3 is 0 Å². The average Bonchev–Trinajstić information content (AvgIpc) is 1.68. The van der Waals surface area contributed by atoms with Gasteiger partial charge in [0.15, 0.2) is 5.90 Å². The van der Waals surface area contributed by atoms with E-state index in [1.807, 2.05) is 0 Å². The molecule has 0 fully saturated rings. The summed E-state index contributed by atoms with van der Waals surface area (Å²) < 4.78 is 4.53. The predicted octanol–water partition coefficient (Wildman–Crippen LogP) is 0.930. The standard InChI is InChI=1S/C4H9NOS/c1-6-4(5)2-3-7/h5,7H,2-3H2,1H3. The molecule has 0 heterocycles. The molecule has 2 nitrogen and oxygen atoms in total. The Labute approximate surface area is 48.8 Å². The van der Waals surface area contributed by atoms with Crippen LogP contribution in [0, 0.1) is 5.41 Å². The van der Waals surface area contributed by atoms with Gasteiger partial charge in [0.1, 0.15) is 0 Å². The first-order valence-corrected chi connectivity index (χ1v) is 2.66. The van der Waals surface area contributed by atoms with Crippen LogP contribution in [0.15, 0.2) is 0 Å². The summed E-state index contributed by atoms with van der Waals surface area (Å²) in [5, 5.41) is 6.87. The van der Waals surface area contributed by atoms with E-state index in [1.165, 1.54) is 7.11 Å². The molecule has 0 aromatic heterocycles. The van der Waals surface area contributed by atoms with Crippen LogP contribution in [0.25, 0.3) is 0 Å². The van der Waals surface area contributed by atoms with Gasteiger partial charge in [0.25, 0.3) is 0 Å². The molecule has 0 unspecified atom stereocenters. The molecule has 1 N–H and O–H groups in total. The monoisotopic (exact) mass is 119 g/mol. The Morgan fingerprint density at radius 2 is 2.43 bits per heavy atom. The summed E-state index contributed by atoms with van der Waals surface area (Å²) in [5.74, 6) is 0.988. The van der Waals surface area contributed by atoms with Crippen LogP contribution >= 0.6 is 12.6 Å². The predicted molar refractivity (Wildman–Crippen MR) is 33.2 cm³/mol. The van der Waals surface area contributed by atoms with Gasteiger partial charge in [-0.2, -0.15) is 12.6 Å². The van der Waals surface area contributed by atoms with E-state index in [4.69, 9.17) is 5.41 Å². The highest BCUT2D eigenvalue weighted by Gasteiger charge is 1.87. The van der Waals surface area contributed by atoms with E-state index in [2.05, 4.69) is 17.4 Å². The maximum absolute atomic E-state index is 6.87. The Bertz CT molecular complexity index is 64.7. The molecule has 0 aliphatic rings. The van der Waals surface area contributed by atoms with E-state index in [9.17, 15) is 0 Å². The van der Waals surface area contributed by atoms with Crippen molar-refractivity contribution in [2.24, 2.45) is 0 Å². The molecule has 0 amide bonds. The highest BCUT2D eigenvalue weighted by Crippen LogP contribution is 1.85. The van der Waals surface area contributed by atoms with Crippen LogP contribution in [-0.4, -0.2) is 18.8 Å². The first-order valence-electron chi connectivity index (χ1n) is 2.03. The summed E-state index contributed by atoms with van der Waals surface area (Å²) in [6.45, 7) is 0. The van der Waals surface area contributed by atoms with Crippen molar-refractivity contribution in [1.82, 2.24) is 0 Å². The van der Waals surface area contributed by atoms with E-state index in [0.717, 1.165) is 0 Å². The van der Waals surface area contributed by atoms with Crippen molar-refractivity contribution >= 4 is 18.5 Å². The molecular weight excluding hydrogens is 110 g/mol. The molecule has 0 radical (unpaired) electrons. The van der Waals surface area contributed by atoms with Crippen LogP contribution in [0.5, 0.6) is 0 Å². The summed E-state index contributed by atoms with van der Waals surface area (Å²) >= 11 is 3.89. The fraction of sp³-hybridized carbons (Fsp3) is 0.750. The Morgan fingerprint density at radius 3 is 2.57 bits per heavy atom. The smallest absolute Gasteiger partial charge is 0.180 e. The van der Waals surface area contributed by atoms with Crippen LogP contribution in [0.1, 0.15) is 6.42 Å². The summed E-state index contributed by atoms with van der Waals surface area (Å²) in [6, 6.07) is 0. The molecule has 0 saturated carbocycles. The molecule has 0 aromatic rings. The van der Waals surface area contributed by atoms with Gasteiger partial charge in [-0.25, -0.2) is 0 Å². The SMILES string of the molecule is COC(=N)CCS. The fourth-order valence-electron chi connectivity index (χ4n) is 0.204. The minimum Gasteiger partial charge on any atom is -0.484 e. The maximum Gasteiger partial charge on any atom is 0.180 e. The molecule has 3 heteroatoms. The second kappa shape index (κ2) is 3.99. The van der Waals surface area contributed by atoms with Crippen molar-refractivity contribution in [2.75, 3.05) is 12.9 Å². The summed E-state index contributed by atoms with van der Waals surface area (Å²) in [6.07, 6.45) is 0.625. The lowest BCUT2D eigenvalue weighted by Gasteiger charge is -1.95. The lowest BCUT2D eigenvalue weighted by Crippen LogP contribution is -1.98. The Balaban J connectivity index is 3.00. The van der Waals surface area contributed by atoms with Gasteiger partial charge < -0.3 is 4.74 Å². The quantitative estimate of drug-likeness (QED) is 0.316.